The Labute approximate surface area is 125 Å². The first-order valence-corrected chi connectivity index (χ1v) is 6.74. The number of halogens is 3. The van der Waals surface area contributed by atoms with Gasteiger partial charge in [-0.15, -0.1) is 0 Å². The zero-order valence-corrected chi connectivity index (χ0v) is 13.0. The van der Waals surface area contributed by atoms with Crippen molar-refractivity contribution >= 4 is 21.8 Å². The summed E-state index contributed by atoms with van der Waals surface area (Å²) >= 11 is 3.35. The SMILES string of the molecule is COc1ccc(C(C)NC(=O)/C=C(\C)C(F)F)cc1Br. The van der Waals surface area contributed by atoms with E-state index < -0.39 is 12.3 Å². The lowest BCUT2D eigenvalue weighted by Crippen LogP contribution is -2.25. The minimum atomic E-state index is -2.62. The van der Waals surface area contributed by atoms with E-state index in [1.54, 1.807) is 26.2 Å². The number of carbonyl (C=O) groups is 1. The first-order chi connectivity index (χ1) is 9.35. The molecule has 110 valence electrons. The maximum atomic E-state index is 12.3. The van der Waals surface area contributed by atoms with Crippen LogP contribution in [0.3, 0.4) is 0 Å². The van der Waals surface area contributed by atoms with Crippen molar-refractivity contribution in [2.24, 2.45) is 0 Å². The summed E-state index contributed by atoms with van der Waals surface area (Å²) in [5.74, 6) is 0.142. The number of amides is 1. The van der Waals surface area contributed by atoms with Crippen LogP contribution in [-0.4, -0.2) is 19.4 Å². The number of hydrogen-bond donors (Lipinski definition) is 1. The molecule has 1 atom stereocenters. The molecule has 1 aromatic carbocycles. The predicted octanol–water partition coefficient (Wildman–Crippen LogP) is 3.85. The third kappa shape index (κ3) is 4.59. The van der Waals surface area contributed by atoms with Crippen LogP contribution in [0.15, 0.2) is 34.3 Å². The summed E-state index contributed by atoms with van der Waals surface area (Å²) in [5, 5.41) is 2.64. The standard InChI is InChI=1S/C14H16BrF2NO2/c1-8(14(16)17)6-13(19)18-9(2)10-4-5-12(20-3)11(15)7-10/h4-7,9,14H,1-3H3,(H,18,19)/b8-6+. The molecule has 6 heteroatoms. The van der Waals surface area contributed by atoms with Crippen LogP contribution in [0.1, 0.15) is 25.5 Å². The van der Waals surface area contributed by atoms with Gasteiger partial charge in [0.1, 0.15) is 5.75 Å². The average Bonchev–Trinajstić information content (AvgIpc) is 2.38. The van der Waals surface area contributed by atoms with Crippen LogP contribution in [0, 0.1) is 0 Å². The largest absolute Gasteiger partial charge is 0.496 e. The van der Waals surface area contributed by atoms with Gasteiger partial charge in [-0.2, -0.15) is 0 Å². The molecule has 3 nitrogen and oxygen atoms in total. The fraction of sp³-hybridized carbons (Fsp3) is 0.357. The number of carbonyl (C=O) groups excluding carboxylic acids is 1. The molecule has 0 aliphatic rings. The van der Waals surface area contributed by atoms with Crippen molar-refractivity contribution in [3.05, 3.63) is 39.9 Å². The zero-order valence-electron chi connectivity index (χ0n) is 11.4. The Hall–Kier alpha value is -1.43. The van der Waals surface area contributed by atoms with E-state index in [0.717, 1.165) is 16.1 Å². The summed E-state index contributed by atoms with van der Waals surface area (Å²) in [6, 6.07) is 5.08. The van der Waals surface area contributed by atoms with Crippen molar-refractivity contribution in [3.63, 3.8) is 0 Å². The van der Waals surface area contributed by atoms with Crippen LogP contribution < -0.4 is 10.1 Å². The molecule has 1 N–H and O–H groups in total. The van der Waals surface area contributed by atoms with Gasteiger partial charge < -0.3 is 10.1 Å². The fourth-order valence-electron chi connectivity index (χ4n) is 1.56. The van der Waals surface area contributed by atoms with Crippen molar-refractivity contribution in [3.8, 4) is 5.75 Å². The van der Waals surface area contributed by atoms with E-state index in [1.165, 1.54) is 6.92 Å². The average molecular weight is 348 g/mol. The Morgan fingerprint density at radius 1 is 1.45 bits per heavy atom. The quantitative estimate of drug-likeness (QED) is 0.821. The third-order valence-electron chi connectivity index (χ3n) is 2.74. The summed E-state index contributed by atoms with van der Waals surface area (Å²) in [7, 11) is 1.56. The topological polar surface area (TPSA) is 38.3 Å². The Morgan fingerprint density at radius 2 is 2.10 bits per heavy atom. The Morgan fingerprint density at radius 3 is 2.60 bits per heavy atom. The molecule has 0 saturated carbocycles. The molecule has 1 amide bonds. The molecule has 1 aromatic rings. The molecule has 0 spiro atoms. The van der Waals surface area contributed by atoms with Gasteiger partial charge in [0.05, 0.1) is 17.6 Å². The van der Waals surface area contributed by atoms with Crippen LogP contribution >= 0.6 is 15.9 Å². The van der Waals surface area contributed by atoms with Gasteiger partial charge in [0.15, 0.2) is 0 Å². The number of benzene rings is 1. The highest BCUT2D eigenvalue weighted by Crippen LogP contribution is 2.27. The molecule has 0 bridgehead atoms. The number of ether oxygens (including phenoxy) is 1. The van der Waals surface area contributed by atoms with Crippen molar-refractivity contribution in [2.45, 2.75) is 26.3 Å². The van der Waals surface area contributed by atoms with Crippen molar-refractivity contribution in [1.82, 2.24) is 5.32 Å². The van der Waals surface area contributed by atoms with Crippen LogP contribution in [0.2, 0.25) is 0 Å². The van der Waals surface area contributed by atoms with Gasteiger partial charge in [-0.25, -0.2) is 8.78 Å². The monoisotopic (exact) mass is 347 g/mol. The third-order valence-corrected chi connectivity index (χ3v) is 3.36. The van der Waals surface area contributed by atoms with Gasteiger partial charge in [0.25, 0.3) is 6.43 Å². The van der Waals surface area contributed by atoms with E-state index in [2.05, 4.69) is 21.2 Å². The number of nitrogens with one attached hydrogen (secondary N) is 1. The maximum absolute atomic E-state index is 12.3. The molecule has 0 heterocycles. The lowest BCUT2D eigenvalue weighted by atomic mass is 10.1. The first kappa shape index (κ1) is 16.6. The summed E-state index contributed by atoms with van der Waals surface area (Å²) in [5.41, 5.74) is 0.583. The highest BCUT2D eigenvalue weighted by Gasteiger charge is 2.12. The molecule has 0 aliphatic heterocycles. The number of hydrogen-bond acceptors (Lipinski definition) is 2. The molecular weight excluding hydrogens is 332 g/mol. The zero-order chi connectivity index (χ0) is 15.3. The van der Waals surface area contributed by atoms with Crippen LogP contribution in [0.25, 0.3) is 0 Å². The summed E-state index contributed by atoms with van der Waals surface area (Å²) in [6.07, 6.45) is -1.70. The highest BCUT2D eigenvalue weighted by molar-refractivity contribution is 9.10. The van der Waals surface area contributed by atoms with Gasteiger partial charge >= 0.3 is 0 Å². The Kier molecular flexibility index (Phi) is 6.13. The molecule has 0 aliphatic carbocycles. The molecule has 0 radical (unpaired) electrons. The van der Waals surface area contributed by atoms with E-state index in [4.69, 9.17) is 4.74 Å². The number of allylic oxidation sites excluding steroid dienone is 1. The van der Waals surface area contributed by atoms with E-state index in [-0.39, 0.29) is 11.6 Å². The Balaban J connectivity index is 2.76. The summed E-state index contributed by atoms with van der Waals surface area (Å²) in [4.78, 5) is 11.6. The predicted molar refractivity (Wildman–Crippen MR) is 77.0 cm³/mol. The van der Waals surface area contributed by atoms with Gasteiger partial charge in [-0.1, -0.05) is 6.07 Å². The first-order valence-electron chi connectivity index (χ1n) is 5.95. The minimum absolute atomic E-state index is 0.259. The second kappa shape index (κ2) is 7.38. The second-order valence-corrected chi connectivity index (χ2v) is 5.17. The van der Waals surface area contributed by atoms with Gasteiger partial charge in [0.2, 0.25) is 5.91 Å². The summed E-state index contributed by atoms with van der Waals surface area (Å²) < 4.78 is 30.5. The van der Waals surface area contributed by atoms with E-state index in [9.17, 15) is 13.6 Å². The van der Waals surface area contributed by atoms with Crippen LogP contribution in [0.5, 0.6) is 5.75 Å². The van der Waals surface area contributed by atoms with Gasteiger partial charge in [-0.05, 0) is 53.0 Å². The second-order valence-electron chi connectivity index (χ2n) is 4.31. The van der Waals surface area contributed by atoms with Crippen molar-refractivity contribution < 1.29 is 18.3 Å². The summed E-state index contributed by atoms with van der Waals surface area (Å²) in [6.45, 7) is 3.00. The van der Waals surface area contributed by atoms with E-state index in [0.29, 0.717) is 5.75 Å². The lowest BCUT2D eigenvalue weighted by Gasteiger charge is -2.15. The van der Waals surface area contributed by atoms with Crippen LogP contribution in [-0.2, 0) is 4.79 Å². The highest BCUT2D eigenvalue weighted by atomic mass is 79.9. The fourth-order valence-corrected chi connectivity index (χ4v) is 2.12. The Bertz CT molecular complexity index is 518. The normalized spacial score (nSPS) is 13.2. The molecular formula is C14H16BrF2NO2. The van der Waals surface area contributed by atoms with E-state index in [1.807, 2.05) is 6.07 Å². The molecule has 1 rings (SSSR count). The van der Waals surface area contributed by atoms with Crippen molar-refractivity contribution in [2.75, 3.05) is 7.11 Å². The number of alkyl halides is 2. The van der Waals surface area contributed by atoms with E-state index >= 15 is 0 Å². The smallest absolute Gasteiger partial charge is 0.260 e. The molecule has 20 heavy (non-hydrogen) atoms. The van der Waals surface area contributed by atoms with Crippen molar-refractivity contribution in [1.29, 1.82) is 0 Å². The lowest BCUT2D eigenvalue weighted by molar-refractivity contribution is -0.117. The minimum Gasteiger partial charge on any atom is -0.496 e. The number of rotatable bonds is 5. The van der Waals surface area contributed by atoms with Crippen LogP contribution in [0.4, 0.5) is 8.78 Å². The number of methoxy groups -OCH3 is 1. The molecule has 0 fully saturated rings. The molecule has 0 aromatic heterocycles. The maximum Gasteiger partial charge on any atom is 0.260 e. The van der Waals surface area contributed by atoms with Gasteiger partial charge in [-0.3, -0.25) is 4.79 Å². The molecule has 1 unspecified atom stereocenters. The van der Waals surface area contributed by atoms with Gasteiger partial charge in [0, 0.05) is 6.08 Å². The molecule has 0 saturated heterocycles.